The van der Waals surface area contributed by atoms with E-state index in [2.05, 4.69) is 228 Å². The van der Waals surface area contributed by atoms with Crippen LogP contribution in [0.1, 0.15) is 0 Å². The minimum Gasteiger partial charge on any atom is -0.311 e. The van der Waals surface area contributed by atoms with Crippen LogP contribution in [0.5, 0.6) is 0 Å². The zero-order chi connectivity index (χ0) is 49.8. The molecule has 0 fully saturated rings. The zero-order valence-corrected chi connectivity index (χ0v) is 41.9. The van der Waals surface area contributed by atoms with Gasteiger partial charge >= 0.3 is 0 Å². The van der Waals surface area contributed by atoms with Crippen LogP contribution < -0.4 is 9.80 Å². The molecule has 0 aliphatic carbocycles. The van der Waals surface area contributed by atoms with Crippen LogP contribution in [0, 0.1) is 0 Å². The summed E-state index contributed by atoms with van der Waals surface area (Å²) in [6, 6.07) is 99.7. The summed E-state index contributed by atoms with van der Waals surface area (Å²) in [5, 5.41) is 4.06. The lowest BCUT2D eigenvalue weighted by Gasteiger charge is -2.26. The Morgan fingerprint density at radius 2 is 0.635 bits per heavy atom. The number of fused-ring (bicyclic) bond motifs is 2. The Labute approximate surface area is 437 Å². The molecule has 0 bridgehead atoms. The third-order valence-corrected chi connectivity index (χ3v) is 16.4. The summed E-state index contributed by atoms with van der Waals surface area (Å²) in [6.45, 7) is 0. The average Bonchev–Trinajstić information content (AvgIpc) is 3.47. The zero-order valence-electron chi connectivity index (χ0n) is 40.2. The highest BCUT2D eigenvalue weighted by Gasteiger charge is 2.23. The van der Waals surface area contributed by atoms with Gasteiger partial charge in [0.15, 0.2) is 0 Å². The third-order valence-electron chi connectivity index (χ3n) is 13.5. The van der Waals surface area contributed by atoms with Gasteiger partial charge in [0.05, 0.1) is 9.79 Å². The van der Waals surface area contributed by atoms with Gasteiger partial charge in [-0.05, 0) is 153 Å². The van der Waals surface area contributed by atoms with Crippen molar-refractivity contribution in [1.82, 2.24) is 0 Å². The van der Waals surface area contributed by atoms with Crippen molar-refractivity contribution in [3.05, 3.63) is 291 Å². The van der Waals surface area contributed by atoms with Gasteiger partial charge in [-0.3, -0.25) is 0 Å². The Morgan fingerprint density at radius 3 is 1.09 bits per heavy atom. The molecule has 74 heavy (non-hydrogen) atoms. The van der Waals surface area contributed by atoms with E-state index in [4.69, 9.17) is 0 Å². The molecule has 0 aliphatic rings. The second kappa shape index (κ2) is 20.3. The van der Waals surface area contributed by atoms with E-state index in [1.807, 2.05) is 42.5 Å². The molecule has 0 radical (unpaired) electrons. The molecule has 0 heterocycles. The molecule has 0 saturated carbocycles. The highest BCUT2D eigenvalue weighted by Crippen LogP contribution is 2.43. The SMILES string of the molecule is O=S(=O)(c1ccccc1)c1cccc2cccc(-c3ccc(N(c4ccccc4)c4ccc(-c5ccc(N(c6ccccc6)c6ccc(-c7cccc8cccc(Sc9ccccc9)c78)cc6)cc5)cc4)cc3)c12. The van der Waals surface area contributed by atoms with Crippen molar-refractivity contribution in [3.63, 3.8) is 0 Å². The number of hydrogen-bond acceptors (Lipinski definition) is 5. The number of para-hydroxylation sites is 2. The van der Waals surface area contributed by atoms with Crippen molar-refractivity contribution in [3.8, 4) is 33.4 Å². The first-order valence-electron chi connectivity index (χ1n) is 24.6. The summed E-state index contributed by atoms with van der Waals surface area (Å²) in [6.07, 6.45) is 0. The molecule has 0 amide bonds. The van der Waals surface area contributed by atoms with E-state index in [-0.39, 0.29) is 4.90 Å². The van der Waals surface area contributed by atoms with Crippen molar-refractivity contribution < 1.29 is 8.42 Å². The van der Waals surface area contributed by atoms with Crippen molar-refractivity contribution >= 4 is 77.3 Å². The predicted octanol–water partition coefficient (Wildman–Crippen LogP) is 18.9. The summed E-state index contributed by atoms with van der Waals surface area (Å²) in [7, 11) is -3.78. The minimum absolute atomic E-state index is 0.275. The van der Waals surface area contributed by atoms with Crippen LogP contribution in [0.4, 0.5) is 34.1 Å². The largest absolute Gasteiger partial charge is 0.311 e. The van der Waals surface area contributed by atoms with Crippen molar-refractivity contribution in [1.29, 1.82) is 0 Å². The number of nitrogens with zero attached hydrogens (tertiary/aromatic N) is 2. The number of anilines is 6. The molecule has 354 valence electrons. The molecule has 12 rings (SSSR count). The molecule has 6 heteroatoms. The summed E-state index contributed by atoms with van der Waals surface area (Å²) >= 11 is 1.80. The fraction of sp³-hybridized carbons (Fsp3) is 0. The molecule has 12 aromatic rings. The Morgan fingerprint density at radius 1 is 0.284 bits per heavy atom. The lowest BCUT2D eigenvalue weighted by molar-refractivity contribution is 0.597. The van der Waals surface area contributed by atoms with E-state index >= 15 is 0 Å². The van der Waals surface area contributed by atoms with Crippen LogP contribution in [-0.2, 0) is 9.84 Å². The fourth-order valence-electron chi connectivity index (χ4n) is 9.98. The molecule has 12 aromatic carbocycles. The van der Waals surface area contributed by atoms with Gasteiger partial charge in [-0.1, -0.05) is 194 Å². The van der Waals surface area contributed by atoms with E-state index < -0.39 is 9.84 Å². The summed E-state index contributed by atoms with van der Waals surface area (Å²) in [4.78, 5) is 7.59. The van der Waals surface area contributed by atoms with Crippen LogP contribution in [0.25, 0.3) is 54.9 Å². The molecule has 0 spiro atoms. The first-order valence-corrected chi connectivity index (χ1v) is 26.9. The summed E-state index contributed by atoms with van der Waals surface area (Å²) in [5.74, 6) is 0. The van der Waals surface area contributed by atoms with E-state index in [0.717, 1.165) is 61.8 Å². The lowest BCUT2D eigenvalue weighted by atomic mass is 9.97. The quantitative estimate of drug-likeness (QED) is 0.115. The van der Waals surface area contributed by atoms with E-state index in [1.54, 1.807) is 42.1 Å². The molecular weight excluding hydrogens is 941 g/mol. The number of benzene rings is 12. The maximum atomic E-state index is 14.1. The molecule has 0 aromatic heterocycles. The Kier molecular flexibility index (Phi) is 12.7. The topological polar surface area (TPSA) is 40.6 Å². The Bertz CT molecular complexity index is 4000. The van der Waals surface area contributed by atoms with Gasteiger partial charge < -0.3 is 9.80 Å². The Balaban J connectivity index is 0.831. The molecule has 0 saturated heterocycles. The number of sulfone groups is 1. The lowest BCUT2D eigenvalue weighted by Crippen LogP contribution is -2.10. The average molecular weight is 989 g/mol. The molecule has 4 nitrogen and oxygen atoms in total. The maximum absolute atomic E-state index is 14.1. The van der Waals surface area contributed by atoms with E-state index in [0.29, 0.717) is 10.3 Å². The normalized spacial score (nSPS) is 11.4. The van der Waals surface area contributed by atoms with Gasteiger partial charge in [-0.2, -0.15) is 0 Å². The number of hydrogen-bond donors (Lipinski definition) is 0. The van der Waals surface area contributed by atoms with Crippen molar-refractivity contribution in [2.75, 3.05) is 9.80 Å². The maximum Gasteiger partial charge on any atom is 0.207 e. The fourth-order valence-corrected chi connectivity index (χ4v) is 12.5. The molecule has 0 N–H and O–H groups in total. The summed E-state index contributed by atoms with van der Waals surface area (Å²) in [5.41, 5.74) is 12.6. The third kappa shape index (κ3) is 9.13. The highest BCUT2D eigenvalue weighted by atomic mass is 32.2. The molecular formula is C68H48N2O2S2. The van der Waals surface area contributed by atoms with Crippen LogP contribution in [0.2, 0.25) is 0 Å². The van der Waals surface area contributed by atoms with E-state index in [1.165, 1.54) is 31.7 Å². The van der Waals surface area contributed by atoms with Crippen LogP contribution in [0.3, 0.4) is 0 Å². The van der Waals surface area contributed by atoms with Gasteiger partial charge in [0.25, 0.3) is 0 Å². The standard InChI is InChI=1S/C68H48N2O2S2/c71-74(72,62-27-11-4-12-28-62)66-32-16-20-54-18-14-30-64(68(54)66)52-39-47-60(48-40-52)70(56-23-7-2-8-24-56)58-43-35-50(36-44-58)49-33-41-57(42-34-49)69(55-21-5-1-6-22-55)59-45-37-51(38-46-59)63-29-13-17-53-19-15-31-65(67(53)63)73-61-25-9-3-10-26-61/h1-48H. The second-order valence-electron chi connectivity index (χ2n) is 18.1. The minimum atomic E-state index is -3.78. The van der Waals surface area contributed by atoms with Crippen LogP contribution in [-0.4, -0.2) is 8.42 Å². The number of rotatable bonds is 13. The predicted molar refractivity (Wildman–Crippen MR) is 310 cm³/mol. The first-order chi connectivity index (χ1) is 36.5. The van der Waals surface area contributed by atoms with Gasteiger partial charge in [0.2, 0.25) is 9.84 Å². The van der Waals surface area contributed by atoms with Crippen molar-refractivity contribution in [2.45, 2.75) is 19.6 Å². The van der Waals surface area contributed by atoms with Gasteiger partial charge in [-0.15, -0.1) is 0 Å². The van der Waals surface area contributed by atoms with Gasteiger partial charge in [0, 0.05) is 54.7 Å². The second-order valence-corrected chi connectivity index (χ2v) is 21.1. The van der Waals surface area contributed by atoms with Crippen molar-refractivity contribution in [2.24, 2.45) is 0 Å². The smallest absolute Gasteiger partial charge is 0.207 e. The monoisotopic (exact) mass is 988 g/mol. The van der Waals surface area contributed by atoms with Crippen LogP contribution >= 0.6 is 11.8 Å². The van der Waals surface area contributed by atoms with Crippen LogP contribution in [0.15, 0.2) is 311 Å². The molecule has 0 atom stereocenters. The Hall–Kier alpha value is -8.94. The summed E-state index contributed by atoms with van der Waals surface area (Å²) < 4.78 is 28.1. The highest BCUT2D eigenvalue weighted by molar-refractivity contribution is 7.99. The van der Waals surface area contributed by atoms with Gasteiger partial charge in [0.1, 0.15) is 0 Å². The van der Waals surface area contributed by atoms with Gasteiger partial charge in [-0.25, -0.2) is 8.42 Å². The molecule has 0 aliphatic heterocycles. The molecule has 0 unspecified atom stereocenters. The van der Waals surface area contributed by atoms with E-state index in [9.17, 15) is 8.42 Å². The first kappa shape index (κ1) is 46.2.